The first kappa shape index (κ1) is 19.5. The lowest BCUT2D eigenvalue weighted by Crippen LogP contribution is -2.28. The van der Waals surface area contributed by atoms with Crippen molar-refractivity contribution in [2.75, 3.05) is 18.0 Å². The summed E-state index contributed by atoms with van der Waals surface area (Å²) in [6.07, 6.45) is 7.88. The number of primary amides is 1. The van der Waals surface area contributed by atoms with Crippen LogP contribution in [0.4, 0.5) is 5.69 Å². The number of carbonyl (C=O) groups is 2. The molecule has 1 aromatic heterocycles. The Hall–Kier alpha value is -3.26. The molecule has 2 aromatic rings. The second-order valence-corrected chi connectivity index (χ2v) is 6.62. The van der Waals surface area contributed by atoms with Gasteiger partial charge in [0.15, 0.2) is 0 Å². The lowest BCUT2D eigenvalue weighted by atomic mass is 10.1. The number of hydrogen-bond donors (Lipinski definition) is 2. The predicted molar refractivity (Wildman–Crippen MR) is 107 cm³/mol. The molecule has 0 radical (unpaired) electrons. The number of carbonyl (C=O) groups excluding carboxylic acids is 2. The Bertz CT molecular complexity index is 973. The Morgan fingerprint density at radius 1 is 1.32 bits per heavy atom. The summed E-state index contributed by atoms with van der Waals surface area (Å²) in [5.41, 5.74) is 13.7. The van der Waals surface area contributed by atoms with Gasteiger partial charge in [0.05, 0.1) is 13.6 Å². The quantitative estimate of drug-likeness (QED) is 0.562. The molecule has 4 N–H and O–H groups in total. The molecule has 146 valence electrons. The molecule has 8 heteroatoms. The largest absolute Gasteiger partial charge is 0.366 e. The van der Waals surface area contributed by atoms with Crippen LogP contribution in [-0.4, -0.2) is 35.3 Å². The Balaban J connectivity index is 1.97. The van der Waals surface area contributed by atoms with E-state index in [1.807, 2.05) is 52.6 Å². The molecule has 1 aromatic carbocycles. The summed E-state index contributed by atoms with van der Waals surface area (Å²) < 4.78 is 3.69. The van der Waals surface area contributed by atoms with Gasteiger partial charge >= 0.3 is 5.91 Å². The molecule has 0 fully saturated rings. The molecule has 0 bridgehead atoms. The third kappa shape index (κ3) is 3.86. The van der Waals surface area contributed by atoms with Crippen LogP contribution in [0, 0.1) is 0 Å². The van der Waals surface area contributed by atoms with Crippen LogP contribution in [-0.2, 0) is 20.0 Å². The number of hydrogen-bond acceptors (Lipinski definition) is 3. The second-order valence-electron chi connectivity index (χ2n) is 6.62. The van der Waals surface area contributed by atoms with Crippen LogP contribution in [0.15, 0.2) is 47.9 Å². The van der Waals surface area contributed by atoms with E-state index >= 15 is 0 Å². The Morgan fingerprint density at radius 2 is 2.11 bits per heavy atom. The summed E-state index contributed by atoms with van der Waals surface area (Å²) in [4.78, 5) is 30.7. The summed E-state index contributed by atoms with van der Waals surface area (Å²) in [5, 5.41) is 0. The highest BCUT2D eigenvalue weighted by Gasteiger charge is 2.28. The van der Waals surface area contributed by atoms with Gasteiger partial charge in [0.25, 0.3) is 0 Å². The van der Waals surface area contributed by atoms with Crippen LogP contribution in [0.2, 0.25) is 0 Å². The maximum Gasteiger partial charge on any atom is 0.322 e. The van der Waals surface area contributed by atoms with Crippen molar-refractivity contribution in [1.29, 1.82) is 0 Å². The highest BCUT2D eigenvalue weighted by molar-refractivity contribution is 6.12. The van der Waals surface area contributed by atoms with E-state index in [9.17, 15) is 9.59 Å². The van der Waals surface area contributed by atoms with Crippen molar-refractivity contribution in [2.45, 2.75) is 19.9 Å². The van der Waals surface area contributed by atoms with Gasteiger partial charge in [0.2, 0.25) is 17.9 Å². The van der Waals surface area contributed by atoms with Gasteiger partial charge < -0.3 is 16.4 Å². The van der Waals surface area contributed by atoms with Crippen molar-refractivity contribution in [3.63, 3.8) is 0 Å². The van der Waals surface area contributed by atoms with Gasteiger partial charge in [0, 0.05) is 30.8 Å². The first-order chi connectivity index (χ1) is 13.4. The van der Waals surface area contributed by atoms with Crippen LogP contribution in [0.25, 0.3) is 0 Å². The summed E-state index contributed by atoms with van der Waals surface area (Å²) in [6, 6.07) is 5.29. The molecule has 0 aliphatic carbocycles. The van der Waals surface area contributed by atoms with Gasteiger partial charge in [-0.3, -0.25) is 9.59 Å². The number of amidine groups is 1. The number of anilines is 1. The van der Waals surface area contributed by atoms with E-state index in [2.05, 4.69) is 4.99 Å². The van der Waals surface area contributed by atoms with Gasteiger partial charge in [-0.2, -0.15) is 4.99 Å². The fourth-order valence-electron chi connectivity index (χ4n) is 3.32. The Labute approximate surface area is 163 Å². The average Bonchev–Trinajstić information content (AvgIpc) is 3.21. The molecule has 0 atom stereocenters. The van der Waals surface area contributed by atoms with Crippen LogP contribution in [0.1, 0.15) is 33.3 Å². The van der Waals surface area contributed by atoms with Crippen LogP contribution < -0.4 is 20.9 Å². The standard InChI is InChI=1S/C20H24N6O2/c1-3-25-13-24(2)12-17(25)20(28)23-18-11-15-10-14(19(22)27)6-7-16(15)26(18)9-5-4-8-21/h4-7,10,12-13H,3,8-9,11,21H2,1-2H3,(H-,22,27)/p+1/b5-4+,23-18?. The van der Waals surface area contributed by atoms with Crippen molar-refractivity contribution in [1.82, 2.24) is 4.57 Å². The average molecular weight is 381 g/mol. The van der Waals surface area contributed by atoms with Crippen LogP contribution in [0.5, 0.6) is 0 Å². The first-order valence-corrected chi connectivity index (χ1v) is 9.17. The number of aryl methyl sites for hydroxylation is 2. The minimum Gasteiger partial charge on any atom is -0.366 e. The molecule has 1 aliphatic rings. The fourth-order valence-corrected chi connectivity index (χ4v) is 3.32. The zero-order chi connectivity index (χ0) is 20.3. The molecule has 1 aliphatic heterocycles. The predicted octanol–water partition coefficient (Wildman–Crippen LogP) is 0.548. The molecular weight excluding hydrogens is 356 g/mol. The lowest BCUT2D eigenvalue weighted by Gasteiger charge is -2.18. The van der Waals surface area contributed by atoms with E-state index in [-0.39, 0.29) is 5.91 Å². The maximum absolute atomic E-state index is 12.8. The van der Waals surface area contributed by atoms with E-state index in [4.69, 9.17) is 11.5 Å². The Morgan fingerprint density at radius 3 is 2.79 bits per heavy atom. The SMILES string of the molecule is CCn1c[n+](C)cc1C(=O)N=C1Cc2cc(C(N)=O)ccc2N1C/C=C/CN. The van der Waals surface area contributed by atoms with Gasteiger partial charge in [0.1, 0.15) is 12.0 Å². The highest BCUT2D eigenvalue weighted by atomic mass is 16.1. The minimum absolute atomic E-state index is 0.298. The molecular formula is C20H25N6O2+. The molecule has 28 heavy (non-hydrogen) atoms. The monoisotopic (exact) mass is 381 g/mol. The molecule has 8 nitrogen and oxygen atoms in total. The summed E-state index contributed by atoms with van der Waals surface area (Å²) in [5.74, 6) is -0.143. The van der Waals surface area contributed by atoms with Gasteiger partial charge in [-0.25, -0.2) is 9.13 Å². The summed E-state index contributed by atoms with van der Waals surface area (Å²) in [6.45, 7) is 3.63. The normalized spacial score (nSPS) is 14.8. The smallest absolute Gasteiger partial charge is 0.322 e. The van der Waals surface area contributed by atoms with E-state index in [1.165, 1.54) is 0 Å². The summed E-state index contributed by atoms with van der Waals surface area (Å²) >= 11 is 0. The third-order valence-electron chi connectivity index (χ3n) is 4.65. The number of nitrogens with zero attached hydrogens (tertiary/aromatic N) is 4. The van der Waals surface area contributed by atoms with Crippen LogP contribution >= 0.6 is 0 Å². The number of benzene rings is 1. The Kier molecular flexibility index (Phi) is 5.70. The van der Waals surface area contributed by atoms with Gasteiger partial charge in [-0.15, -0.1) is 0 Å². The zero-order valence-corrected chi connectivity index (χ0v) is 16.1. The number of nitrogens with two attached hydrogens (primary N) is 2. The molecule has 0 saturated heterocycles. The summed E-state index contributed by atoms with van der Waals surface area (Å²) in [7, 11) is 1.87. The fraction of sp³-hybridized carbons (Fsp3) is 0.300. The van der Waals surface area contributed by atoms with Crippen molar-refractivity contribution in [2.24, 2.45) is 23.5 Å². The van der Waals surface area contributed by atoms with E-state index < -0.39 is 5.91 Å². The van der Waals surface area contributed by atoms with Gasteiger partial charge in [-0.05, 0) is 30.7 Å². The molecule has 0 saturated carbocycles. The lowest BCUT2D eigenvalue weighted by molar-refractivity contribution is -0.671. The number of aromatic nitrogens is 2. The number of fused-ring (bicyclic) bond motifs is 1. The number of amides is 2. The van der Waals surface area contributed by atoms with Crippen molar-refractivity contribution < 1.29 is 14.2 Å². The number of rotatable bonds is 6. The van der Waals surface area contributed by atoms with Crippen LogP contribution in [0.3, 0.4) is 0 Å². The molecule has 2 amide bonds. The van der Waals surface area contributed by atoms with E-state index in [0.717, 1.165) is 11.3 Å². The minimum atomic E-state index is -0.480. The van der Waals surface area contributed by atoms with E-state index in [1.54, 1.807) is 18.3 Å². The van der Waals surface area contributed by atoms with Gasteiger partial charge in [-0.1, -0.05) is 12.2 Å². The topological polar surface area (TPSA) is 111 Å². The molecule has 3 rings (SSSR count). The van der Waals surface area contributed by atoms with Crippen molar-refractivity contribution in [3.05, 3.63) is 59.7 Å². The first-order valence-electron chi connectivity index (χ1n) is 9.17. The molecule has 0 spiro atoms. The van der Waals surface area contributed by atoms with E-state index in [0.29, 0.717) is 43.1 Å². The number of imidazole rings is 1. The number of aliphatic imine (C=N–C) groups is 1. The van der Waals surface area contributed by atoms with Crippen molar-refractivity contribution >= 4 is 23.3 Å². The molecule has 0 unspecified atom stereocenters. The van der Waals surface area contributed by atoms with Crippen molar-refractivity contribution in [3.8, 4) is 0 Å². The molecule has 2 heterocycles. The maximum atomic E-state index is 12.8. The zero-order valence-electron chi connectivity index (χ0n) is 16.1. The highest BCUT2D eigenvalue weighted by Crippen LogP contribution is 2.30. The third-order valence-corrected chi connectivity index (χ3v) is 4.65. The second kappa shape index (κ2) is 8.18.